The highest BCUT2D eigenvalue weighted by molar-refractivity contribution is 8.05. The summed E-state index contributed by atoms with van der Waals surface area (Å²) in [6, 6.07) is 11.2. The number of allylic oxidation sites excluding steroid dienone is 2. The molecule has 25 heavy (non-hydrogen) atoms. The molecule has 5 nitrogen and oxygen atoms in total. The second-order valence-electron chi connectivity index (χ2n) is 5.59. The number of furan rings is 1. The van der Waals surface area contributed by atoms with Gasteiger partial charge < -0.3 is 9.52 Å². The van der Waals surface area contributed by atoms with E-state index in [0.29, 0.717) is 10.8 Å². The van der Waals surface area contributed by atoms with Gasteiger partial charge in [0, 0.05) is 5.69 Å². The summed E-state index contributed by atoms with van der Waals surface area (Å²) in [6.45, 7) is 1.97. The molecule has 0 bridgehead atoms. The van der Waals surface area contributed by atoms with E-state index < -0.39 is 11.2 Å². The Kier molecular flexibility index (Phi) is 5.09. The fraction of sp³-hybridized carbons (Fsp3) is 0.158. The Bertz CT molecular complexity index is 822. The van der Waals surface area contributed by atoms with Crippen molar-refractivity contribution >= 4 is 35.4 Å². The number of carbonyl (C=O) groups is 2. The highest BCUT2D eigenvalue weighted by atomic mass is 32.2. The molecule has 0 spiro atoms. The van der Waals surface area contributed by atoms with Gasteiger partial charge in [-0.15, -0.1) is 0 Å². The minimum atomic E-state index is -0.984. The van der Waals surface area contributed by atoms with Crippen LogP contribution in [0.1, 0.15) is 17.7 Å². The van der Waals surface area contributed by atoms with E-state index in [1.54, 1.807) is 35.5 Å². The van der Waals surface area contributed by atoms with Crippen molar-refractivity contribution in [3.8, 4) is 0 Å². The van der Waals surface area contributed by atoms with Gasteiger partial charge in [0.15, 0.2) is 0 Å². The van der Waals surface area contributed by atoms with E-state index in [1.807, 2.05) is 37.3 Å². The molecular weight excluding hydrogens is 338 g/mol. The number of hydrogen-bond donors (Lipinski definition) is 1. The van der Waals surface area contributed by atoms with Crippen molar-refractivity contribution in [2.24, 2.45) is 0 Å². The third-order valence-corrected chi connectivity index (χ3v) is 4.89. The van der Waals surface area contributed by atoms with Crippen molar-refractivity contribution in [3.05, 3.63) is 71.2 Å². The van der Waals surface area contributed by atoms with Crippen LogP contribution in [0.3, 0.4) is 0 Å². The topological polar surface area (TPSA) is 70.8 Å². The van der Waals surface area contributed by atoms with Gasteiger partial charge >= 0.3 is 5.97 Å². The van der Waals surface area contributed by atoms with Crippen molar-refractivity contribution in [2.75, 3.05) is 4.90 Å². The van der Waals surface area contributed by atoms with Gasteiger partial charge in [-0.25, -0.2) is 0 Å². The maximum atomic E-state index is 12.7. The summed E-state index contributed by atoms with van der Waals surface area (Å²) < 4.78 is 5.24. The predicted octanol–water partition coefficient (Wildman–Crippen LogP) is 4.07. The molecule has 2 heterocycles. The van der Waals surface area contributed by atoms with E-state index in [9.17, 15) is 9.59 Å². The van der Waals surface area contributed by atoms with Gasteiger partial charge in [0.2, 0.25) is 5.91 Å². The van der Waals surface area contributed by atoms with Gasteiger partial charge in [-0.05, 0) is 43.3 Å². The molecule has 1 saturated heterocycles. The van der Waals surface area contributed by atoms with Crippen molar-refractivity contribution in [1.29, 1.82) is 0 Å². The molecule has 1 unspecified atom stereocenters. The normalized spacial score (nSPS) is 19.2. The number of thioether (sulfide) groups is 1. The minimum Gasteiger partial charge on any atom is -0.481 e. The van der Waals surface area contributed by atoms with Gasteiger partial charge in [-0.1, -0.05) is 35.5 Å². The minimum absolute atomic E-state index is 0.203. The average molecular weight is 355 g/mol. The molecule has 0 saturated carbocycles. The van der Waals surface area contributed by atoms with Crippen molar-refractivity contribution in [2.45, 2.75) is 18.6 Å². The molecule has 1 aliphatic heterocycles. The molecular formula is C19H17NO4S. The van der Waals surface area contributed by atoms with Crippen LogP contribution in [-0.2, 0) is 9.59 Å². The first-order chi connectivity index (χ1) is 12.0. The second kappa shape index (κ2) is 7.44. The quantitative estimate of drug-likeness (QED) is 0.875. The Morgan fingerprint density at radius 1 is 1.32 bits per heavy atom. The third kappa shape index (κ3) is 4.03. The number of carboxylic acid groups (broad SMARTS) is 1. The zero-order chi connectivity index (χ0) is 17.8. The Labute approximate surface area is 149 Å². The standard InChI is InChI=1S/C19H17NO4S/c1-13-7-9-14(10-8-13)20-17(6-2-4-15-5-3-11-24-15)25-16(19(20)23)12-18(21)22/h2-11,16H,12H2,1H3,(H,21,22)/b4-2?,17-6+. The van der Waals surface area contributed by atoms with E-state index in [0.717, 1.165) is 11.3 Å². The first kappa shape index (κ1) is 17.1. The maximum Gasteiger partial charge on any atom is 0.305 e. The molecule has 1 fully saturated rings. The smallest absolute Gasteiger partial charge is 0.305 e. The Morgan fingerprint density at radius 2 is 2.08 bits per heavy atom. The number of hydrogen-bond acceptors (Lipinski definition) is 4. The highest BCUT2D eigenvalue weighted by Crippen LogP contribution is 2.40. The Balaban J connectivity index is 1.90. The van der Waals surface area contributed by atoms with Gasteiger partial charge in [0.25, 0.3) is 0 Å². The lowest BCUT2D eigenvalue weighted by Gasteiger charge is -2.17. The molecule has 1 N–H and O–H groups in total. The van der Waals surface area contributed by atoms with Gasteiger partial charge in [-0.2, -0.15) is 0 Å². The summed E-state index contributed by atoms with van der Waals surface area (Å²) in [6.07, 6.45) is 6.76. The van der Waals surface area contributed by atoms with Crippen LogP contribution in [0.15, 0.2) is 64.3 Å². The number of anilines is 1. The van der Waals surface area contributed by atoms with Crippen LogP contribution in [0, 0.1) is 6.92 Å². The summed E-state index contributed by atoms with van der Waals surface area (Å²) in [7, 11) is 0. The van der Waals surface area contributed by atoms with Crippen LogP contribution < -0.4 is 4.90 Å². The van der Waals surface area contributed by atoms with Gasteiger partial charge in [0.05, 0.1) is 17.7 Å². The summed E-state index contributed by atoms with van der Waals surface area (Å²) >= 11 is 1.27. The zero-order valence-corrected chi connectivity index (χ0v) is 14.4. The fourth-order valence-electron chi connectivity index (χ4n) is 2.46. The van der Waals surface area contributed by atoms with Crippen molar-refractivity contribution in [1.82, 2.24) is 0 Å². The first-order valence-electron chi connectivity index (χ1n) is 7.75. The van der Waals surface area contributed by atoms with E-state index in [4.69, 9.17) is 9.52 Å². The lowest BCUT2D eigenvalue weighted by atomic mass is 10.2. The molecule has 1 aromatic carbocycles. The SMILES string of the molecule is Cc1ccc(N2C(=O)C(CC(=O)O)S/C2=C/C=Cc2ccco2)cc1. The molecule has 128 valence electrons. The van der Waals surface area contributed by atoms with Gasteiger partial charge in [0.1, 0.15) is 11.0 Å². The molecule has 1 atom stereocenters. The van der Waals surface area contributed by atoms with Crippen molar-refractivity contribution < 1.29 is 19.1 Å². The number of aliphatic carboxylic acids is 1. The zero-order valence-electron chi connectivity index (χ0n) is 13.6. The maximum absolute atomic E-state index is 12.7. The number of carboxylic acids is 1. The summed E-state index contributed by atoms with van der Waals surface area (Å²) in [5.74, 6) is -0.494. The molecule has 1 aliphatic rings. The number of aryl methyl sites for hydroxylation is 1. The Morgan fingerprint density at radius 3 is 2.72 bits per heavy atom. The lowest BCUT2D eigenvalue weighted by Crippen LogP contribution is -2.29. The van der Waals surface area contributed by atoms with Crippen LogP contribution >= 0.6 is 11.8 Å². The first-order valence-corrected chi connectivity index (χ1v) is 8.63. The fourth-order valence-corrected chi connectivity index (χ4v) is 3.64. The second-order valence-corrected chi connectivity index (χ2v) is 6.82. The number of amides is 1. The lowest BCUT2D eigenvalue weighted by molar-refractivity contribution is -0.138. The van der Waals surface area contributed by atoms with Crippen molar-refractivity contribution in [3.63, 3.8) is 0 Å². The number of carbonyl (C=O) groups excluding carboxylic acids is 1. The van der Waals surface area contributed by atoms with E-state index >= 15 is 0 Å². The van der Waals surface area contributed by atoms with Crippen LogP contribution in [0.5, 0.6) is 0 Å². The molecule has 1 amide bonds. The van der Waals surface area contributed by atoms with Gasteiger partial charge in [-0.3, -0.25) is 14.5 Å². The number of benzene rings is 1. The molecule has 3 rings (SSSR count). The highest BCUT2D eigenvalue weighted by Gasteiger charge is 2.38. The summed E-state index contributed by atoms with van der Waals surface area (Å²) in [4.78, 5) is 25.3. The predicted molar refractivity (Wildman–Crippen MR) is 98.1 cm³/mol. The molecule has 2 aromatic rings. The molecule has 6 heteroatoms. The van der Waals surface area contributed by atoms with E-state index in [1.165, 1.54) is 11.8 Å². The van der Waals surface area contributed by atoms with Crippen LogP contribution in [-0.4, -0.2) is 22.2 Å². The monoisotopic (exact) mass is 355 g/mol. The van der Waals surface area contributed by atoms with E-state index in [-0.39, 0.29) is 12.3 Å². The number of rotatable bonds is 5. The summed E-state index contributed by atoms with van der Waals surface area (Å²) in [5.41, 5.74) is 1.82. The summed E-state index contributed by atoms with van der Waals surface area (Å²) in [5, 5.41) is 9.12. The van der Waals surface area contributed by atoms with Crippen LogP contribution in [0.2, 0.25) is 0 Å². The molecule has 0 radical (unpaired) electrons. The van der Waals surface area contributed by atoms with E-state index in [2.05, 4.69) is 0 Å². The number of nitrogens with zero attached hydrogens (tertiary/aromatic N) is 1. The third-order valence-electron chi connectivity index (χ3n) is 3.67. The van der Waals surface area contributed by atoms with Crippen LogP contribution in [0.25, 0.3) is 6.08 Å². The largest absolute Gasteiger partial charge is 0.481 e. The Hall–Kier alpha value is -2.73. The van der Waals surface area contributed by atoms with Crippen LogP contribution in [0.4, 0.5) is 5.69 Å². The molecule has 0 aliphatic carbocycles. The average Bonchev–Trinajstić information content (AvgIpc) is 3.18. The molecule has 1 aromatic heterocycles.